The van der Waals surface area contributed by atoms with Crippen LogP contribution in [-0.4, -0.2) is 36.7 Å². The molecule has 0 unspecified atom stereocenters. The molecule has 2 rings (SSSR count). The normalized spacial score (nSPS) is 11.3. The van der Waals surface area contributed by atoms with Crippen molar-refractivity contribution in [2.75, 3.05) is 29.9 Å². The molecule has 0 saturated heterocycles. The number of carbonyl (C=O) groups is 1. The van der Waals surface area contributed by atoms with Gasteiger partial charge in [0.1, 0.15) is 0 Å². The fourth-order valence-electron chi connectivity index (χ4n) is 3.35. The van der Waals surface area contributed by atoms with Crippen LogP contribution >= 0.6 is 15.9 Å². The molecule has 2 aromatic carbocycles. The Labute approximate surface area is 203 Å². The Hall–Kier alpha value is -2.94. The van der Waals surface area contributed by atoms with Crippen LogP contribution in [0.15, 0.2) is 46.0 Å². The van der Waals surface area contributed by atoms with E-state index in [-0.39, 0.29) is 18.1 Å². The zero-order valence-corrected chi connectivity index (χ0v) is 21.3. The number of nitrogens with zero attached hydrogens (tertiary/aromatic N) is 3. The zero-order valence-electron chi connectivity index (χ0n) is 19.8. The van der Waals surface area contributed by atoms with Crippen LogP contribution < -0.4 is 15.6 Å². The van der Waals surface area contributed by atoms with Crippen molar-refractivity contribution < 1.29 is 9.72 Å². The quantitative estimate of drug-likeness (QED) is 0.238. The van der Waals surface area contributed by atoms with Crippen molar-refractivity contribution in [2.24, 2.45) is 16.9 Å². The van der Waals surface area contributed by atoms with Gasteiger partial charge in [0.25, 0.3) is 11.6 Å². The average molecular weight is 518 g/mol. The Bertz CT molecular complexity index is 998. The maximum absolute atomic E-state index is 12.2. The first-order chi connectivity index (χ1) is 15.6. The van der Waals surface area contributed by atoms with E-state index in [1.807, 2.05) is 25.1 Å². The molecule has 0 aliphatic heterocycles. The van der Waals surface area contributed by atoms with E-state index in [0.29, 0.717) is 17.4 Å². The number of halogens is 1. The number of aryl methyl sites for hydroxylation is 1. The third-order valence-electron chi connectivity index (χ3n) is 4.69. The van der Waals surface area contributed by atoms with Crippen molar-refractivity contribution in [3.05, 3.63) is 62.1 Å². The third-order valence-corrected chi connectivity index (χ3v) is 5.35. The first-order valence-corrected chi connectivity index (χ1v) is 11.7. The SMILES string of the molecule is Cc1ccc(NCC(=O)NN=Cc2cc([N+](=O)[O-])ccc2N(CC(C)C)CC(C)C)c(Br)c1. The molecular weight excluding hydrogens is 486 g/mol. The van der Waals surface area contributed by atoms with Gasteiger partial charge in [-0.05, 0) is 58.5 Å². The standard InChI is InChI=1S/C24H32BrN5O3/c1-16(2)14-29(15-17(3)4)23-9-7-20(30(32)33)11-19(23)12-27-28-24(31)13-26-22-8-6-18(5)10-21(22)25/h6-12,16-17,26H,13-15H2,1-5H3,(H,28,31). The number of hydrogen-bond donors (Lipinski definition) is 2. The van der Waals surface area contributed by atoms with E-state index in [2.05, 4.69) is 64.4 Å². The van der Waals surface area contributed by atoms with Gasteiger partial charge in [-0.1, -0.05) is 33.8 Å². The molecular formula is C24H32BrN5O3. The molecule has 0 spiro atoms. The summed E-state index contributed by atoms with van der Waals surface area (Å²) in [5.74, 6) is 0.498. The molecule has 0 saturated carbocycles. The topological polar surface area (TPSA) is 99.9 Å². The summed E-state index contributed by atoms with van der Waals surface area (Å²) in [6.45, 7) is 12.2. The fourth-order valence-corrected chi connectivity index (χ4v) is 3.99. The summed E-state index contributed by atoms with van der Waals surface area (Å²) in [5, 5.41) is 18.4. The number of anilines is 2. The van der Waals surface area contributed by atoms with Crippen molar-refractivity contribution in [2.45, 2.75) is 34.6 Å². The maximum atomic E-state index is 12.2. The van der Waals surface area contributed by atoms with Crippen LogP contribution in [0.3, 0.4) is 0 Å². The summed E-state index contributed by atoms with van der Waals surface area (Å²) >= 11 is 3.47. The Morgan fingerprint density at radius 1 is 1.15 bits per heavy atom. The second-order valence-electron chi connectivity index (χ2n) is 8.82. The lowest BCUT2D eigenvalue weighted by Crippen LogP contribution is -2.32. The van der Waals surface area contributed by atoms with Crippen LogP contribution in [0.4, 0.5) is 17.1 Å². The summed E-state index contributed by atoms with van der Waals surface area (Å²) in [5.41, 5.74) is 5.82. The molecule has 0 aromatic heterocycles. The molecule has 0 bridgehead atoms. The van der Waals surface area contributed by atoms with E-state index in [4.69, 9.17) is 0 Å². The number of nitrogens with one attached hydrogen (secondary N) is 2. The minimum Gasteiger partial charge on any atom is -0.375 e. The molecule has 0 aliphatic carbocycles. The first kappa shape index (κ1) is 26.3. The van der Waals surface area contributed by atoms with Gasteiger partial charge in [0.15, 0.2) is 0 Å². The number of nitro benzene ring substituents is 1. The Morgan fingerprint density at radius 2 is 1.82 bits per heavy atom. The van der Waals surface area contributed by atoms with Gasteiger partial charge >= 0.3 is 0 Å². The second kappa shape index (κ2) is 12.3. The highest BCUT2D eigenvalue weighted by molar-refractivity contribution is 9.10. The maximum Gasteiger partial charge on any atom is 0.270 e. The van der Waals surface area contributed by atoms with Crippen molar-refractivity contribution in [3.63, 3.8) is 0 Å². The molecule has 2 N–H and O–H groups in total. The molecule has 2 aromatic rings. The summed E-state index contributed by atoms with van der Waals surface area (Å²) < 4.78 is 0.871. The Balaban J connectivity index is 2.16. The molecule has 0 heterocycles. The molecule has 0 radical (unpaired) electrons. The van der Waals surface area contributed by atoms with Gasteiger partial charge in [0, 0.05) is 46.6 Å². The largest absolute Gasteiger partial charge is 0.375 e. The minimum atomic E-state index is -0.432. The zero-order chi connectivity index (χ0) is 24.5. The molecule has 1 amide bonds. The van der Waals surface area contributed by atoms with E-state index in [9.17, 15) is 14.9 Å². The lowest BCUT2D eigenvalue weighted by molar-refractivity contribution is -0.384. The molecule has 0 atom stereocenters. The average Bonchev–Trinajstić information content (AvgIpc) is 2.72. The minimum absolute atomic E-state index is 0.0218. The highest BCUT2D eigenvalue weighted by Gasteiger charge is 2.17. The number of amides is 1. The van der Waals surface area contributed by atoms with Gasteiger partial charge in [-0.15, -0.1) is 0 Å². The Morgan fingerprint density at radius 3 is 2.39 bits per heavy atom. The Kier molecular flexibility index (Phi) is 9.84. The lowest BCUT2D eigenvalue weighted by Gasteiger charge is -2.29. The number of carbonyl (C=O) groups excluding carboxylic acids is 1. The number of hydrogen-bond acceptors (Lipinski definition) is 6. The highest BCUT2D eigenvalue weighted by Crippen LogP contribution is 2.26. The van der Waals surface area contributed by atoms with Crippen LogP contribution in [0, 0.1) is 28.9 Å². The van der Waals surface area contributed by atoms with Crippen molar-refractivity contribution in [1.82, 2.24) is 5.43 Å². The van der Waals surface area contributed by atoms with Crippen LogP contribution in [-0.2, 0) is 4.79 Å². The molecule has 0 fully saturated rings. The van der Waals surface area contributed by atoms with Gasteiger partial charge < -0.3 is 10.2 Å². The van der Waals surface area contributed by atoms with Crippen LogP contribution in [0.25, 0.3) is 0 Å². The summed E-state index contributed by atoms with van der Waals surface area (Å²) in [7, 11) is 0. The number of benzene rings is 2. The van der Waals surface area contributed by atoms with E-state index in [1.165, 1.54) is 18.3 Å². The smallest absolute Gasteiger partial charge is 0.270 e. The molecule has 0 aliphatic rings. The van der Waals surface area contributed by atoms with Crippen LogP contribution in [0.2, 0.25) is 0 Å². The monoisotopic (exact) mass is 517 g/mol. The molecule has 178 valence electrons. The second-order valence-corrected chi connectivity index (χ2v) is 9.68. The van der Waals surface area contributed by atoms with Gasteiger partial charge in [-0.25, -0.2) is 5.43 Å². The van der Waals surface area contributed by atoms with E-state index >= 15 is 0 Å². The van der Waals surface area contributed by atoms with Gasteiger partial charge in [-0.3, -0.25) is 14.9 Å². The number of hydrazone groups is 1. The van der Waals surface area contributed by atoms with Gasteiger partial charge in [0.05, 0.1) is 17.7 Å². The number of rotatable bonds is 11. The lowest BCUT2D eigenvalue weighted by atomic mass is 10.1. The number of non-ortho nitro benzene ring substituents is 1. The molecule has 33 heavy (non-hydrogen) atoms. The van der Waals surface area contributed by atoms with Gasteiger partial charge in [0.2, 0.25) is 0 Å². The third kappa shape index (κ3) is 8.49. The van der Waals surface area contributed by atoms with Crippen LogP contribution in [0.5, 0.6) is 0 Å². The van der Waals surface area contributed by atoms with E-state index in [1.54, 1.807) is 6.07 Å². The van der Waals surface area contributed by atoms with E-state index < -0.39 is 4.92 Å². The predicted octanol–water partition coefficient (Wildman–Crippen LogP) is 5.35. The summed E-state index contributed by atoms with van der Waals surface area (Å²) in [6, 6.07) is 10.5. The van der Waals surface area contributed by atoms with E-state index in [0.717, 1.165) is 34.5 Å². The predicted molar refractivity (Wildman–Crippen MR) is 138 cm³/mol. The number of nitro groups is 1. The highest BCUT2D eigenvalue weighted by atomic mass is 79.9. The molecule has 9 heteroatoms. The van der Waals surface area contributed by atoms with Crippen LogP contribution in [0.1, 0.15) is 38.8 Å². The summed E-state index contributed by atoms with van der Waals surface area (Å²) in [6.07, 6.45) is 1.47. The van der Waals surface area contributed by atoms with Crippen molar-refractivity contribution in [1.29, 1.82) is 0 Å². The fraction of sp³-hybridized carbons (Fsp3) is 0.417. The van der Waals surface area contributed by atoms with Crippen molar-refractivity contribution in [3.8, 4) is 0 Å². The van der Waals surface area contributed by atoms with Gasteiger partial charge in [-0.2, -0.15) is 5.10 Å². The van der Waals surface area contributed by atoms with Crippen molar-refractivity contribution >= 4 is 45.1 Å². The first-order valence-electron chi connectivity index (χ1n) is 10.9. The summed E-state index contributed by atoms with van der Waals surface area (Å²) in [4.78, 5) is 25.3. The molecule has 8 nitrogen and oxygen atoms in total.